The van der Waals surface area contributed by atoms with E-state index in [4.69, 9.17) is 4.74 Å². The lowest BCUT2D eigenvalue weighted by molar-refractivity contribution is -0.0313. The van der Waals surface area contributed by atoms with Gasteiger partial charge in [-0.05, 0) is 56.0 Å². The van der Waals surface area contributed by atoms with E-state index in [9.17, 15) is 14.3 Å². The molecule has 1 aliphatic heterocycles. The highest BCUT2D eigenvalue weighted by molar-refractivity contribution is 5.94. The van der Waals surface area contributed by atoms with Gasteiger partial charge in [0.25, 0.3) is 0 Å². The SMILES string of the molecule is O=C1O[C@]2(CC[C@H](c3nc4nc(-c5ccc(F)cc5)nc(O)c4[nH]3)CC2)c2cnccc21. The number of H-pyrrole nitrogens is 1. The Morgan fingerprint density at radius 1 is 1.09 bits per heavy atom. The minimum Gasteiger partial charge on any atom is -0.492 e. The molecule has 4 heterocycles. The van der Waals surface area contributed by atoms with Gasteiger partial charge >= 0.3 is 5.97 Å². The Labute approximate surface area is 181 Å². The summed E-state index contributed by atoms with van der Waals surface area (Å²) < 4.78 is 19.0. The number of pyridine rings is 1. The number of nitrogens with zero attached hydrogens (tertiary/aromatic N) is 4. The fourth-order valence-corrected chi connectivity index (χ4v) is 4.77. The van der Waals surface area contributed by atoms with Gasteiger partial charge in [0.1, 0.15) is 22.8 Å². The number of carbonyl (C=O) groups is 1. The Bertz CT molecular complexity index is 1360. The molecular weight excluding hydrogens is 413 g/mol. The van der Waals surface area contributed by atoms with Crippen LogP contribution in [0.15, 0.2) is 42.7 Å². The molecule has 1 aliphatic carbocycles. The van der Waals surface area contributed by atoms with Crippen molar-refractivity contribution in [1.29, 1.82) is 0 Å². The van der Waals surface area contributed by atoms with Crippen LogP contribution in [0.3, 0.4) is 0 Å². The monoisotopic (exact) mass is 431 g/mol. The summed E-state index contributed by atoms with van der Waals surface area (Å²) in [7, 11) is 0. The van der Waals surface area contributed by atoms with Crippen LogP contribution >= 0.6 is 0 Å². The first-order valence-corrected chi connectivity index (χ1v) is 10.4. The largest absolute Gasteiger partial charge is 0.492 e. The highest BCUT2D eigenvalue weighted by Gasteiger charge is 2.48. The van der Waals surface area contributed by atoms with Gasteiger partial charge < -0.3 is 14.8 Å². The smallest absolute Gasteiger partial charge is 0.339 e. The molecule has 2 N–H and O–H groups in total. The number of hydrogen-bond donors (Lipinski definition) is 2. The summed E-state index contributed by atoms with van der Waals surface area (Å²) in [6.07, 6.45) is 6.16. The molecule has 1 fully saturated rings. The van der Waals surface area contributed by atoms with Gasteiger partial charge in [-0.15, -0.1) is 0 Å². The minimum absolute atomic E-state index is 0.0999. The first-order chi connectivity index (χ1) is 15.5. The summed E-state index contributed by atoms with van der Waals surface area (Å²) in [6, 6.07) is 7.45. The van der Waals surface area contributed by atoms with E-state index >= 15 is 0 Å². The molecule has 6 rings (SSSR count). The third-order valence-corrected chi connectivity index (χ3v) is 6.45. The van der Waals surface area contributed by atoms with Crippen molar-refractivity contribution in [2.24, 2.45) is 0 Å². The van der Waals surface area contributed by atoms with Crippen LogP contribution < -0.4 is 0 Å². The van der Waals surface area contributed by atoms with Crippen molar-refractivity contribution in [2.75, 3.05) is 0 Å². The van der Waals surface area contributed by atoms with Crippen LogP contribution in [-0.4, -0.2) is 36.0 Å². The number of halogens is 1. The normalized spacial score (nSPS) is 22.3. The number of fused-ring (bicyclic) bond motifs is 3. The van der Waals surface area contributed by atoms with Crippen LogP contribution in [0.25, 0.3) is 22.6 Å². The number of ether oxygens (including phenoxy) is 1. The number of aromatic nitrogens is 5. The second-order valence-electron chi connectivity index (χ2n) is 8.28. The average molecular weight is 431 g/mol. The molecule has 9 heteroatoms. The van der Waals surface area contributed by atoms with Gasteiger partial charge in [0.2, 0.25) is 5.88 Å². The third kappa shape index (κ3) is 2.84. The Morgan fingerprint density at radius 3 is 2.66 bits per heavy atom. The van der Waals surface area contributed by atoms with E-state index in [1.165, 1.54) is 12.1 Å². The standard InChI is InChI=1S/C23H18FN5O3/c24-14-3-1-12(2-4-14)19-28-20-17(21(30)29-19)26-18(27-20)13-5-8-23(9-6-13)16-11-25-10-7-15(16)22(31)32-23/h1-4,7,10-11,13H,5-6,8-9H2,(H2,26,27,28,29,30)/t13-,23-. The number of esters is 1. The number of aromatic hydroxyl groups is 1. The van der Waals surface area contributed by atoms with E-state index in [0.29, 0.717) is 41.0 Å². The van der Waals surface area contributed by atoms with Gasteiger partial charge in [0.05, 0.1) is 5.56 Å². The molecule has 0 unspecified atom stereocenters. The molecular formula is C23H18FN5O3. The van der Waals surface area contributed by atoms with Crippen LogP contribution in [0.2, 0.25) is 0 Å². The third-order valence-electron chi connectivity index (χ3n) is 6.45. The van der Waals surface area contributed by atoms with Crippen molar-refractivity contribution in [3.8, 4) is 17.3 Å². The molecule has 0 radical (unpaired) electrons. The number of nitrogens with one attached hydrogen (secondary N) is 1. The Morgan fingerprint density at radius 2 is 1.88 bits per heavy atom. The quantitative estimate of drug-likeness (QED) is 0.461. The number of aromatic amines is 1. The molecule has 0 amide bonds. The minimum atomic E-state index is -0.624. The molecule has 32 heavy (non-hydrogen) atoms. The van der Waals surface area contributed by atoms with Gasteiger partial charge in [-0.3, -0.25) is 4.98 Å². The molecule has 3 aromatic heterocycles. The predicted octanol–water partition coefficient (Wildman–Crippen LogP) is 3.98. The summed E-state index contributed by atoms with van der Waals surface area (Å²) >= 11 is 0. The lowest BCUT2D eigenvalue weighted by atomic mass is 9.75. The highest BCUT2D eigenvalue weighted by Crippen LogP contribution is 2.49. The predicted molar refractivity (Wildman–Crippen MR) is 111 cm³/mol. The molecule has 1 saturated carbocycles. The summed E-state index contributed by atoms with van der Waals surface area (Å²) in [5, 5.41) is 10.4. The van der Waals surface area contributed by atoms with E-state index in [0.717, 1.165) is 18.4 Å². The zero-order valence-electron chi connectivity index (χ0n) is 16.9. The lowest BCUT2D eigenvalue weighted by Crippen LogP contribution is -2.31. The van der Waals surface area contributed by atoms with Gasteiger partial charge in [-0.1, -0.05) is 0 Å². The van der Waals surface area contributed by atoms with Gasteiger partial charge in [0, 0.05) is 29.4 Å². The van der Waals surface area contributed by atoms with Gasteiger partial charge in [-0.2, -0.15) is 4.98 Å². The van der Waals surface area contributed by atoms with Crippen LogP contribution in [0.1, 0.15) is 53.3 Å². The average Bonchev–Trinajstić information content (AvgIpc) is 3.35. The number of rotatable bonds is 2. The van der Waals surface area contributed by atoms with Crippen molar-refractivity contribution in [2.45, 2.75) is 37.2 Å². The molecule has 160 valence electrons. The summed E-state index contributed by atoms with van der Waals surface area (Å²) in [5.74, 6) is 0.234. The summed E-state index contributed by atoms with van der Waals surface area (Å²) in [4.78, 5) is 32.8. The fraction of sp³-hybridized carbons (Fsp3) is 0.261. The maximum atomic E-state index is 13.2. The van der Waals surface area contributed by atoms with Crippen LogP contribution in [0.5, 0.6) is 5.88 Å². The van der Waals surface area contributed by atoms with E-state index < -0.39 is 5.60 Å². The van der Waals surface area contributed by atoms with E-state index in [-0.39, 0.29) is 29.4 Å². The van der Waals surface area contributed by atoms with E-state index in [2.05, 4.69) is 24.9 Å². The maximum absolute atomic E-state index is 13.2. The first-order valence-electron chi connectivity index (χ1n) is 10.4. The van der Waals surface area contributed by atoms with Crippen molar-refractivity contribution in [3.05, 3.63) is 65.5 Å². The molecule has 1 aromatic carbocycles. The zero-order valence-corrected chi connectivity index (χ0v) is 16.9. The van der Waals surface area contributed by atoms with Crippen molar-refractivity contribution < 1.29 is 19.0 Å². The molecule has 1 spiro atoms. The molecule has 8 nitrogen and oxygen atoms in total. The number of hydrogen-bond acceptors (Lipinski definition) is 7. The van der Waals surface area contributed by atoms with E-state index in [1.54, 1.807) is 30.6 Å². The molecule has 4 aromatic rings. The Balaban J connectivity index is 1.28. The van der Waals surface area contributed by atoms with Crippen molar-refractivity contribution >= 4 is 17.1 Å². The Hall–Kier alpha value is -3.88. The first kappa shape index (κ1) is 18.9. The number of carbonyl (C=O) groups excluding carboxylic acids is 1. The highest BCUT2D eigenvalue weighted by atomic mass is 19.1. The van der Waals surface area contributed by atoms with E-state index in [1.807, 2.05) is 0 Å². The van der Waals surface area contributed by atoms with Gasteiger partial charge in [-0.25, -0.2) is 19.2 Å². The van der Waals surface area contributed by atoms with Gasteiger partial charge in [0.15, 0.2) is 11.5 Å². The summed E-state index contributed by atoms with van der Waals surface area (Å²) in [5.41, 5.74) is 2.14. The molecule has 0 atom stereocenters. The maximum Gasteiger partial charge on any atom is 0.339 e. The van der Waals surface area contributed by atoms with Crippen molar-refractivity contribution in [3.63, 3.8) is 0 Å². The molecule has 0 bridgehead atoms. The second-order valence-corrected chi connectivity index (χ2v) is 8.28. The van der Waals surface area contributed by atoms with Crippen LogP contribution in [-0.2, 0) is 10.3 Å². The topological polar surface area (TPSA) is 114 Å². The number of imidazole rings is 1. The lowest BCUT2D eigenvalue weighted by Gasteiger charge is -2.35. The molecule has 2 aliphatic rings. The van der Waals surface area contributed by atoms with Crippen LogP contribution in [0.4, 0.5) is 4.39 Å². The summed E-state index contributed by atoms with van der Waals surface area (Å²) in [6.45, 7) is 0. The Kier molecular flexibility index (Phi) is 4.01. The van der Waals surface area contributed by atoms with Crippen molar-refractivity contribution in [1.82, 2.24) is 24.9 Å². The van der Waals surface area contributed by atoms with Crippen LogP contribution in [0, 0.1) is 5.82 Å². The zero-order chi connectivity index (χ0) is 21.9. The molecule has 0 saturated heterocycles. The number of benzene rings is 1. The fourth-order valence-electron chi connectivity index (χ4n) is 4.77. The second kappa shape index (κ2) is 6.81.